The SMILES string of the molecule is COC(=O)c1c(NC(=O)CSc2nnc(-c3ccc(Cl)cc3)n2C)sc2c1CCCCCC2. The van der Waals surface area contributed by atoms with Crippen LogP contribution in [0.25, 0.3) is 11.4 Å². The molecule has 4 rings (SSSR count). The number of thioether (sulfide) groups is 1. The largest absolute Gasteiger partial charge is 0.465 e. The summed E-state index contributed by atoms with van der Waals surface area (Å²) < 4.78 is 6.88. The molecule has 0 saturated heterocycles. The van der Waals surface area contributed by atoms with Crippen LogP contribution in [-0.2, 0) is 29.4 Å². The average molecular weight is 505 g/mol. The molecule has 33 heavy (non-hydrogen) atoms. The number of fused-ring (bicyclic) bond motifs is 1. The zero-order chi connectivity index (χ0) is 23.4. The second-order valence-corrected chi connectivity index (χ2v) is 10.3. The molecule has 7 nitrogen and oxygen atoms in total. The van der Waals surface area contributed by atoms with Crippen LogP contribution in [0.15, 0.2) is 29.4 Å². The van der Waals surface area contributed by atoms with Crippen LogP contribution < -0.4 is 5.32 Å². The van der Waals surface area contributed by atoms with Gasteiger partial charge in [-0.3, -0.25) is 4.79 Å². The van der Waals surface area contributed by atoms with Crippen molar-refractivity contribution in [1.29, 1.82) is 0 Å². The minimum atomic E-state index is -0.392. The molecular weight excluding hydrogens is 480 g/mol. The Labute approximate surface area is 205 Å². The first-order valence-electron chi connectivity index (χ1n) is 10.8. The molecule has 1 aliphatic carbocycles. The Bertz CT molecular complexity index is 1160. The van der Waals surface area contributed by atoms with E-state index in [-0.39, 0.29) is 11.7 Å². The molecule has 1 aliphatic rings. The molecule has 0 unspecified atom stereocenters. The van der Waals surface area contributed by atoms with Gasteiger partial charge in [0.2, 0.25) is 5.91 Å². The minimum Gasteiger partial charge on any atom is -0.465 e. The van der Waals surface area contributed by atoms with Gasteiger partial charge in [0, 0.05) is 22.5 Å². The van der Waals surface area contributed by atoms with Gasteiger partial charge in [0.05, 0.1) is 18.4 Å². The van der Waals surface area contributed by atoms with Gasteiger partial charge in [-0.2, -0.15) is 0 Å². The molecule has 1 N–H and O–H groups in total. The second-order valence-electron chi connectivity index (χ2n) is 7.82. The molecule has 10 heteroatoms. The molecule has 2 aromatic heterocycles. The van der Waals surface area contributed by atoms with Crippen LogP contribution in [0.1, 0.15) is 46.5 Å². The normalized spacial score (nSPS) is 13.7. The van der Waals surface area contributed by atoms with Gasteiger partial charge in [-0.15, -0.1) is 21.5 Å². The Morgan fingerprint density at radius 3 is 2.61 bits per heavy atom. The number of nitrogens with one attached hydrogen (secondary N) is 1. The zero-order valence-electron chi connectivity index (χ0n) is 18.5. The number of hydrogen-bond acceptors (Lipinski definition) is 7. The molecule has 1 aromatic carbocycles. The maximum atomic E-state index is 12.8. The quantitative estimate of drug-likeness (QED) is 0.358. The monoisotopic (exact) mass is 504 g/mol. The molecule has 0 spiro atoms. The molecule has 0 atom stereocenters. The van der Waals surface area contributed by atoms with Crippen molar-refractivity contribution in [2.75, 3.05) is 18.2 Å². The fraction of sp³-hybridized carbons (Fsp3) is 0.391. The van der Waals surface area contributed by atoms with Crippen LogP contribution in [0.5, 0.6) is 0 Å². The molecule has 0 radical (unpaired) electrons. The number of halogens is 1. The molecule has 0 fully saturated rings. The molecule has 0 bridgehead atoms. The van der Waals surface area contributed by atoms with Crippen LogP contribution in [0.2, 0.25) is 5.02 Å². The van der Waals surface area contributed by atoms with E-state index in [0.717, 1.165) is 43.2 Å². The van der Waals surface area contributed by atoms with Crippen LogP contribution in [0.3, 0.4) is 0 Å². The maximum absolute atomic E-state index is 12.8. The van der Waals surface area contributed by atoms with Crippen molar-refractivity contribution in [3.8, 4) is 11.4 Å². The predicted octanol–water partition coefficient (Wildman–Crippen LogP) is 5.37. The van der Waals surface area contributed by atoms with Crippen molar-refractivity contribution in [2.24, 2.45) is 7.05 Å². The molecule has 0 aliphatic heterocycles. The number of esters is 1. The number of thiophene rings is 1. The van der Waals surface area contributed by atoms with Crippen molar-refractivity contribution in [2.45, 2.75) is 43.7 Å². The summed E-state index contributed by atoms with van der Waals surface area (Å²) in [5, 5.41) is 13.3. The zero-order valence-corrected chi connectivity index (χ0v) is 20.9. The third kappa shape index (κ3) is 5.42. The lowest BCUT2D eigenvalue weighted by atomic mass is 9.96. The van der Waals surface area contributed by atoms with Gasteiger partial charge in [0.1, 0.15) is 5.00 Å². The first-order chi connectivity index (χ1) is 16.0. The van der Waals surface area contributed by atoms with E-state index in [1.54, 1.807) is 12.1 Å². The third-order valence-corrected chi connectivity index (χ3v) is 8.06. The summed E-state index contributed by atoms with van der Waals surface area (Å²) in [6.45, 7) is 0. The predicted molar refractivity (Wildman–Crippen MR) is 132 cm³/mol. The summed E-state index contributed by atoms with van der Waals surface area (Å²) in [5.41, 5.74) is 2.45. The van der Waals surface area contributed by atoms with E-state index in [4.69, 9.17) is 16.3 Å². The van der Waals surface area contributed by atoms with E-state index < -0.39 is 5.97 Å². The Morgan fingerprint density at radius 1 is 1.15 bits per heavy atom. The van der Waals surface area contributed by atoms with Gasteiger partial charge in [-0.25, -0.2) is 4.79 Å². The summed E-state index contributed by atoms with van der Waals surface area (Å²) >= 11 is 8.76. The van der Waals surface area contributed by atoms with E-state index in [1.165, 1.54) is 41.5 Å². The van der Waals surface area contributed by atoms with Crippen molar-refractivity contribution < 1.29 is 14.3 Å². The van der Waals surface area contributed by atoms with E-state index in [0.29, 0.717) is 26.6 Å². The van der Waals surface area contributed by atoms with Crippen LogP contribution in [-0.4, -0.2) is 39.5 Å². The topological polar surface area (TPSA) is 86.1 Å². The summed E-state index contributed by atoms with van der Waals surface area (Å²) in [4.78, 5) is 26.5. The highest BCUT2D eigenvalue weighted by Gasteiger charge is 2.26. The number of aryl methyl sites for hydroxylation is 1. The summed E-state index contributed by atoms with van der Waals surface area (Å²) in [5.74, 6) is 0.253. The average Bonchev–Trinajstić information content (AvgIpc) is 3.32. The van der Waals surface area contributed by atoms with E-state index in [2.05, 4.69) is 15.5 Å². The van der Waals surface area contributed by atoms with Crippen LogP contribution in [0, 0.1) is 0 Å². The Kier molecular flexibility index (Phi) is 7.72. The second kappa shape index (κ2) is 10.7. The van der Waals surface area contributed by atoms with Gasteiger partial charge in [-0.1, -0.05) is 36.2 Å². The number of hydrogen-bond donors (Lipinski definition) is 1. The third-order valence-electron chi connectivity index (χ3n) is 5.58. The lowest BCUT2D eigenvalue weighted by Gasteiger charge is -2.11. The molecule has 1 amide bonds. The van der Waals surface area contributed by atoms with E-state index in [1.807, 2.05) is 23.7 Å². The van der Waals surface area contributed by atoms with Gasteiger partial charge in [0.25, 0.3) is 0 Å². The number of anilines is 1. The Hall–Kier alpha value is -2.36. The Morgan fingerprint density at radius 2 is 1.88 bits per heavy atom. The fourth-order valence-corrected chi connectivity index (χ4v) is 6.04. The summed E-state index contributed by atoms with van der Waals surface area (Å²) in [6.07, 6.45) is 6.26. The fourth-order valence-electron chi connectivity index (χ4n) is 3.91. The van der Waals surface area contributed by atoms with Gasteiger partial charge < -0.3 is 14.6 Å². The summed E-state index contributed by atoms with van der Waals surface area (Å²) in [6, 6.07) is 7.36. The minimum absolute atomic E-state index is 0.149. The van der Waals surface area contributed by atoms with Crippen molar-refractivity contribution >= 4 is 51.6 Å². The molecule has 0 saturated carbocycles. The standard InChI is InChI=1S/C23H25ClN4O3S2/c1-28-20(14-9-11-15(24)12-10-14)26-27-23(28)32-13-18(29)25-21-19(22(30)31-2)16-7-5-3-4-6-8-17(16)33-21/h9-12H,3-8,13H2,1-2H3,(H,25,29). The first kappa shape index (κ1) is 23.8. The van der Waals surface area contributed by atoms with Crippen molar-refractivity contribution in [1.82, 2.24) is 14.8 Å². The van der Waals surface area contributed by atoms with Crippen LogP contribution >= 0.6 is 34.7 Å². The highest BCUT2D eigenvalue weighted by atomic mass is 35.5. The van der Waals surface area contributed by atoms with E-state index >= 15 is 0 Å². The summed E-state index contributed by atoms with van der Waals surface area (Å²) in [7, 11) is 3.24. The number of benzene rings is 1. The van der Waals surface area contributed by atoms with Gasteiger partial charge >= 0.3 is 5.97 Å². The van der Waals surface area contributed by atoms with Crippen LogP contribution in [0.4, 0.5) is 5.00 Å². The maximum Gasteiger partial charge on any atom is 0.341 e. The lowest BCUT2D eigenvalue weighted by molar-refractivity contribution is -0.113. The molecule has 2 heterocycles. The van der Waals surface area contributed by atoms with Gasteiger partial charge in [0.15, 0.2) is 11.0 Å². The van der Waals surface area contributed by atoms with Crippen molar-refractivity contribution in [3.63, 3.8) is 0 Å². The van der Waals surface area contributed by atoms with Crippen molar-refractivity contribution in [3.05, 3.63) is 45.3 Å². The van der Waals surface area contributed by atoms with Gasteiger partial charge in [-0.05, 0) is 55.5 Å². The number of ether oxygens (including phenoxy) is 1. The van der Waals surface area contributed by atoms with E-state index in [9.17, 15) is 9.59 Å². The number of aromatic nitrogens is 3. The lowest BCUT2D eigenvalue weighted by Crippen LogP contribution is -2.16. The first-order valence-corrected chi connectivity index (χ1v) is 13.0. The molecular formula is C23H25ClN4O3S2. The number of nitrogens with zero attached hydrogens (tertiary/aromatic N) is 3. The molecule has 174 valence electrons. The number of carbonyl (C=O) groups excluding carboxylic acids is 2. The highest BCUT2D eigenvalue weighted by Crippen LogP contribution is 2.37. The number of methoxy groups -OCH3 is 1. The number of rotatable bonds is 6. The molecule has 3 aromatic rings. The number of amides is 1. The number of carbonyl (C=O) groups is 2. The smallest absolute Gasteiger partial charge is 0.341 e. The Balaban J connectivity index is 1.47. The highest BCUT2D eigenvalue weighted by molar-refractivity contribution is 7.99.